The Kier molecular flexibility index (Phi) is 8.31. The van der Waals surface area contributed by atoms with Crippen molar-refractivity contribution < 1.29 is 9.47 Å². The highest BCUT2D eigenvalue weighted by Crippen LogP contribution is 2.20. The molecule has 1 rings (SSSR count). The van der Waals surface area contributed by atoms with Gasteiger partial charge in [-0.25, -0.2) is 4.98 Å². The summed E-state index contributed by atoms with van der Waals surface area (Å²) in [6, 6.07) is 2.10. The molecule has 0 aliphatic heterocycles. The Morgan fingerprint density at radius 3 is 2.67 bits per heavy atom. The van der Waals surface area contributed by atoms with Gasteiger partial charge in [0.25, 0.3) is 0 Å². The fourth-order valence-electron chi connectivity index (χ4n) is 2.07. The van der Waals surface area contributed by atoms with E-state index in [2.05, 4.69) is 44.1 Å². The first kappa shape index (κ1) is 17.9. The molecule has 120 valence electrons. The lowest BCUT2D eigenvalue weighted by molar-refractivity contribution is 0.0802. The van der Waals surface area contributed by atoms with Crippen molar-refractivity contribution in [2.45, 2.75) is 47.6 Å². The maximum atomic E-state index is 5.84. The Bertz CT molecular complexity index is 419. The molecule has 0 aliphatic rings. The van der Waals surface area contributed by atoms with E-state index < -0.39 is 0 Å². The minimum atomic E-state index is 0.545. The molecule has 21 heavy (non-hydrogen) atoms. The third kappa shape index (κ3) is 6.91. The minimum Gasteiger partial charge on any atom is -0.475 e. The van der Waals surface area contributed by atoms with Crippen molar-refractivity contribution in [1.82, 2.24) is 10.3 Å². The molecule has 0 atom stereocenters. The number of aryl methyl sites for hydroxylation is 2. The number of pyridine rings is 1. The van der Waals surface area contributed by atoms with Crippen LogP contribution in [0.15, 0.2) is 6.07 Å². The molecule has 0 bridgehead atoms. The predicted molar refractivity (Wildman–Crippen MR) is 86.9 cm³/mol. The molecule has 0 aliphatic carbocycles. The van der Waals surface area contributed by atoms with Crippen LogP contribution in [-0.4, -0.2) is 31.3 Å². The van der Waals surface area contributed by atoms with Gasteiger partial charge in [-0.15, -0.1) is 0 Å². The Hall–Kier alpha value is -1.13. The molecule has 0 amide bonds. The standard InChI is InChI=1S/C17H30N2O2/c1-6-7-18-11-16-14(4)10-15(5)19-17(16)21-9-8-20-12-13(2)3/h10,13,18H,6-9,11-12H2,1-5H3. The highest BCUT2D eigenvalue weighted by atomic mass is 16.5. The van der Waals surface area contributed by atoms with Crippen LogP contribution < -0.4 is 10.1 Å². The summed E-state index contributed by atoms with van der Waals surface area (Å²) in [5.74, 6) is 1.29. The molecule has 4 nitrogen and oxygen atoms in total. The maximum absolute atomic E-state index is 5.84. The van der Waals surface area contributed by atoms with E-state index in [0.717, 1.165) is 43.3 Å². The van der Waals surface area contributed by atoms with Crippen LogP contribution in [0.25, 0.3) is 0 Å². The lowest BCUT2D eigenvalue weighted by Crippen LogP contribution is -2.18. The molecule has 1 heterocycles. The van der Waals surface area contributed by atoms with Crippen LogP contribution in [0.4, 0.5) is 0 Å². The number of rotatable bonds is 10. The summed E-state index contributed by atoms with van der Waals surface area (Å²) >= 11 is 0. The van der Waals surface area contributed by atoms with E-state index in [4.69, 9.17) is 9.47 Å². The molecular weight excluding hydrogens is 264 g/mol. The van der Waals surface area contributed by atoms with E-state index in [1.807, 2.05) is 6.92 Å². The van der Waals surface area contributed by atoms with E-state index in [1.165, 1.54) is 5.56 Å². The highest BCUT2D eigenvalue weighted by Gasteiger charge is 2.10. The quantitative estimate of drug-likeness (QED) is 0.673. The largest absolute Gasteiger partial charge is 0.475 e. The van der Waals surface area contributed by atoms with E-state index in [9.17, 15) is 0 Å². The van der Waals surface area contributed by atoms with Gasteiger partial charge in [-0.3, -0.25) is 0 Å². The van der Waals surface area contributed by atoms with Gasteiger partial charge in [0.15, 0.2) is 0 Å². The fourth-order valence-corrected chi connectivity index (χ4v) is 2.07. The lowest BCUT2D eigenvalue weighted by atomic mass is 10.1. The van der Waals surface area contributed by atoms with Crippen molar-refractivity contribution in [2.24, 2.45) is 5.92 Å². The van der Waals surface area contributed by atoms with Gasteiger partial charge in [0.05, 0.1) is 6.61 Å². The number of ether oxygens (including phenoxy) is 2. The lowest BCUT2D eigenvalue weighted by Gasteiger charge is -2.15. The van der Waals surface area contributed by atoms with Gasteiger partial charge in [-0.1, -0.05) is 20.8 Å². The van der Waals surface area contributed by atoms with Crippen molar-refractivity contribution >= 4 is 0 Å². The number of nitrogens with one attached hydrogen (secondary N) is 1. The third-order valence-electron chi connectivity index (χ3n) is 3.08. The molecule has 0 aromatic carbocycles. The second-order valence-corrected chi connectivity index (χ2v) is 5.86. The molecule has 1 aromatic heterocycles. The van der Waals surface area contributed by atoms with E-state index in [1.54, 1.807) is 0 Å². The van der Waals surface area contributed by atoms with Gasteiger partial charge in [-0.05, 0) is 44.4 Å². The zero-order valence-corrected chi connectivity index (χ0v) is 14.2. The van der Waals surface area contributed by atoms with Crippen LogP contribution in [0.1, 0.15) is 44.0 Å². The summed E-state index contributed by atoms with van der Waals surface area (Å²) in [5, 5.41) is 3.42. The van der Waals surface area contributed by atoms with Crippen molar-refractivity contribution in [3.05, 3.63) is 22.9 Å². The summed E-state index contributed by atoms with van der Waals surface area (Å²) in [4.78, 5) is 4.53. The second kappa shape index (κ2) is 9.74. The van der Waals surface area contributed by atoms with Gasteiger partial charge in [0.2, 0.25) is 5.88 Å². The molecule has 0 unspecified atom stereocenters. The Morgan fingerprint density at radius 2 is 2.00 bits per heavy atom. The first-order valence-corrected chi connectivity index (χ1v) is 7.93. The Labute approximate surface area is 129 Å². The summed E-state index contributed by atoms with van der Waals surface area (Å²) in [6.07, 6.45) is 1.12. The van der Waals surface area contributed by atoms with Crippen LogP contribution in [0.3, 0.4) is 0 Å². The highest BCUT2D eigenvalue weighted by molar-refractivity contribution is 5.35. The van der Waals surface area contributed by atoms with Crippen LogP contribution in [0, 0.1) is 19.8 Å². The SMILES string of the molecule is CCCNCc1c(C)cc(C)nc1OCCOCC(C)C. The Balaban J connectivity index is 2.57. The maximum Gasteiger partial charge on any atom is 0.218 e. The van der Waals surface area contributed by atoms with Gasteiger partial charge in [0, 0.05) is 24.4 Å². The Morgan fingerprint density at radius 1 is 1.24 bits per heavy atom. The number of nitrogens with zero attached hydrogens (tertiary/aromatic N) is 1. The molecule has 0 saturated heterocycles. The van der Waals surface area contributed by atoms with E-state index >= 15 is 0 Å². The van der Waals surface area contributed by atoms with Crippen LogP contribution in [0.5, 0.6) is 5.88 Å². The molecule has 0 fully saturated rings. The zero-order chi connectivity index (χ0) is 15.7. The smallest absolute Gasteiger partial charge is 0.218 e. The van der Waals surface area contributed by atoms with Crippen LogP contribution >= 0.6 is 0 Å². The first-order valence-electron chi connectivity index (χ1n) is 7.93. The van der Waals surface area contributed by atoms with Crippen LogP contribution in [-0.2, 0) is 11.3 Å². The molecule has 4 heteroatoms. The van der Waals surface area contributed by atoms with Gasteiger partial charge < -0.3 is 14.8 Å². The summed E-state index contributed by atoms with van der Waals surface area (Å²) < 4.78 is 11.4. The van der Waals surface area contributed by atoms with Crippen molar-refractivity contribution in [2.75, 3.05) is 26.4 Å². The average Bonchev–Trinajstić information content (AvgIpc) is 2.40. The van der Waals surface area contributed by atoms with Crippen molar-refractivity contribution in [1.29, 1.82) is 0 Å². The van der Waals surface area contributed by atoms with Gasteiger partial charge in [-0.2, -0.15) is 0 Å². The number of aromatic nitrogens is 1. The molecule has 0 radical (unpaired) electrons. The van der Waals surface area contributed by atoms with E-state index in [-0.39, 0.29) is 0 Å². The van der Waals surface area contributed by atoms with Gasteiger partial charge in [0.1, 0.15) is 6.61 Å². The normalized spacial score (nSPS) is 11.1. The monoisotopic (exact) mass is 294 g/mol. The fraction of sp³-hybridized carbons (Fsp3) is 0.706. The molecule has 1 N–H and O–H groups in total. The van der Waals surface area contributed by atoms with E-state index in [0.29, 0.717) is 19.1 Å². The molecule has 0 spiro atoms. The number of hydrogen-bond donors (Lipinski definition) is 1. The van der Waals surface area contributed by atoms with Crippen molar-refractivity contribution in [3.8, 4) is 5.88 Å². The first-order chi connectivity index (χ1) is 10.0. The summed E-state index contributed by atoms with van der Waals surface area (Å²) in [6.45, 7) is 14.3. The van der Waals surface area contributed by atoms with Crippen LogP contribution in [0.2, 0.25) is 0 Å². The summed E-state index contributed by atoms with van der Waals surface area (Å²) in [7, 11) is 0. The predicted octanol–water partition coefficient (Wildman–Crippen LogP) is 3.25. The summed E-state index contributed by atoms with van der Waals surface area (Å²) in [5.41, 5.74) is 3.37. The second-order valence-electron chi connectivity index (χ2n) is 5.86. The van der Waals surface area contributed by atoms with Gasteiger partial charge >= 0.3 is 0 Å². The zero-order valence-electron chi connectivity index (χ0n) is 14.2. The topological polar surface area (TPSA) is 43.4 Å². The minimum absolute atomic E-state index is 0.545. The molecule has 1 aromatic rings. The number of hydrogen-bond acceptors (Lipinski definition) is 4. The molecular formula is C17H30N2O2. The van der Waals surface area contributed by atoms with Crippen molar-refractivity contribution in [3.63, 3.8) is 0 Å². The average molecular weight is 294 g/mol. The molecule has 0 saturated carbocycles. The third-order valence-corrected chi connectivity index (χ3v) is 3.08.